The summed E-state index contributed by atoms with van der Waals surface area (Å²) in [6.45, 7) is 4.30. The predicted octanol–water partition coefficient (Wildman–Crippen LogP) is 3.98. The topological polar surface area (TPSA) is 92.5 Å². The molecule has 0 amide bonds. The van der Waals surface area contributed by atoms with E-state index < -0.39 is 12.0 Å². The zero-order chi connectivity index (χ0) is 20.4. The fourth-order valence-corrected chi connectivity index (χ4v) is 2.89. The molecule has 0 aliphatic rings. The zero-order valence-corrected chi connectivity index (χ0v) is 16.7. The largest absolute Gasteiger partial charge is 0.480 e. The number of nitro benzene ring substituents is 1. The van der Waals surface area contributed by atoms with Crippen LogP contribution in [0.3, 0.4) is 0 Å². The summed E-state index contributed by atoms with van der Waals surface area (Å²) in [5, 5.41) is 21.5. The van der Waals surface area contributed by atoms with Crippen molar-refractivity contribution in [1.82, 2.24) is 5.32 Å². The summed E-state index contributed by atoms with van der Waals surface area (Å²) >= 11 is 3.79. The Morgan fingerprint density at radius 3 is 2.04 bits per heavy atom. The van der Waals surface area contributed by atoms with Crippen LogP contribution >= 0.6 is 12.6 Å². The molecule has 0 aliphatic carbocycles. The number of carbonyl (C=O) groups is 1. The molecule has 0 spiro atoms. The van der Waals surface area contributed by atoms with Crippen molar-refractivity contribution in [2.24, 2.45) is 0 Å². The summed E-state index contributed by atoms with van der Waals surface area (Å²) < 4.78 is 0. The van der Waals surface area contributed by atoms with Gasteiger partial charge in [-0.1, -0.05) is 32.0 Å². The molecule has 0 unspecified atom stereocenters. The van der Waals surface area contributed by atoms with Crippen molar-refractivity contribution in [3.63, 3.8) is 0 Å². The van der Waals surface area contributed by atoms with E-state index in [-0.39, 0.29) is 10.6 Å². The van der Waals surface area contributed by atoms with Gasteiger partial charge in [-0.05, 0) is 54.3 Å². The first-order valence-electron chi connectivity index (χ1n) is 8.75. The van der Waals surface area contributed by atoms with E-state index in [4.69, 9.17) is 5.11 Å². The van der Waals surface area contributed by atoms with Crippen LogP contribution in [0.15, 0.2) is 42.5 Å². The number of thiol groups is 1. The monoisotopic (exact) mass is 390 g/mol. The molecule has 2 N–H and O–H groups in total. The van der Waals surface area contributed by atoms with Crippen LogP contribution < -0.4 is 5.32 Å². The lowest BCUT2D eigenvalue weighted by atomic mass is 9.96. The van der Waals surface area contributed by atoms with Crippen LogP contribution in [0.4, 0.5) is 5.69 Å². The van der Waals surface area contributed by atoms with Crippen LogP contribution in [0.5, 0.6) is 0 Å². The summed E-state index contributed by atoms with van der Waals surface area (Å²) in [5.74, 6) is -0.534. The van der Waals surface area contributed by atoms with Gasteiger partial charge in [0.1, 0.15) is 6.04 Å². The van der Waals surface area contributed by atoms with Gasteiger partial charge in [0, 0.05) is 17.9 Å². The standard InChI is InChI=1S/C16H17NO2.C4H9NO2S/c1-3-12-5-6-15(11-13(12)4-2)14-7-9-16(10-8-14)17(18)19;1-5-3(2-8)4(6)7/h5-11H,3-4H2,1-2H3;3,5,8H,2H2,1H3,(H,6,7)/t;3-/m.1/s1. The molecule has 0 aromatic heterocycles. The Balaban J connectivity index is 0.000000387. The Labute approximate surface area is 165 Å². The van der Waals surface area contributed by atoms with E-state index in [1.54, 1.807) is 31.3 Å². The summed E-state index contributed by atoms with van der Waals surface area (Å²) in [6, 6.07) is 12.6. The van der Waals surface area contributed by atoms with Gasteiger partial charge in [0.05, 0.1) is 4.92 Å². The normalized spacial score (nSPS) is 11.3. The SMILES string of the molecule is CCc1ccc(-c2ccc([N+](=O)[O-])cc2)cc1CC.CN[C@H](CS)C(=O)O. The third-order valence-corrected chi connectivity index (χ3v) is 4.57. The molecular weight excluding hydrogens is 364 g/mol. The predicted molar refractivity (Wildman–Crippen MR) is 112 cm³/mol. The van der Waals surface area contributed by atoms with E-state index in [0.29, 0.717) is 5.75 Å². The minimum Gasteiger partial charge on any atom is -0.480 e. The maximum Gasteiger partial charge on any atom is 0.321 e. The number of nitro groups is 1. The van der Waals surface area contributed by atoms with E-state index in [1.165, 1.54) is 11.1 Å². The number of aliphatic carboxylic acids is 1. The molecule has 7 heteroatoms. The number of non-ortho nitro benzene ring substituents is 1. The number of hydrogen-bond acceptors (Lipinski definition) is 5. The van der Waals surface area contributed by atoms with Gasteiger partial charge in [-0.2, -0.15) is 12.6 Å². The number of likely N-dealkylation sites (N-methyl/N-ethyl adjacent to an activating group) is 1. The fraction of sp³-hybridized carbons (Fsp3) is 0.350. The molecule has 0 saturated heterocycles. The van der Waals surface area contributed by atoms with Crippen molar-refractivity contribution in [3.8, 4) is 11.1 Å². The molecule has 0 aliphatic heterocycles. The van der Waals surface area contributed by atoms with Crippen LogP contribution in [0.1, 0.15) is 25.0 Å². The first-order chi connectivity index (χ1) is 12.9. The summed E-state index contributed by atoms with van der Waals surface area (Å²) in [6.07, 6.45) is 2.04. The Hall–Kier alpha value is -2.38. The van der Waals surface area contributed by atoms with E-state index >= 15 is 0 Å². The smallest absolute Gasteiger partial charge is 0.321 e. The van der Waals surface area contributed by atoms with Crippen LogP contribution in [0.2, 0.25) is 0 Å². The quantitative estimate of drug-likeness (QED) is 0.378. The second kappa shape index (κ2) is 11.4. The number of aryl methyl sites for hydroxylation is 2. The van der Waals surface area contributed by atoms with Crippen molar-refractivity contribution < 1.29 is 14.8 Å². The number of hydrogen-bond donors (Lipinski definition) is 3. The Kier molecular flexibility index (Phi) is 9.53. The van der Waals surface area contributed by atoms with E-state index in [9.17, 15) is 14.9 Å². The lowest BCUT2D eigenvalue weighted by Crippen LogP contribution is -2.35. The van der Waals surface area contributed by atoms with Gasteiger partial charge in [0.15, 0.2) is 0 Å². The average molecular weight is 391 g/mol. The number of carboxylic acid groups (broad SMARTS) is 1. The van der Waals surface area contributed by atoms with Crippen molar-refractivity contribution in [2.75, 3.05) is 12.8 Å². The molecule has 2 aromatic carbocycles. The molecule has 2 aromatic rings. The number of rotatable bonds is 7. The minimum atomic E-state index is -0.859. The van der Waals surface area contributed by atoms with Crippen molar-refractivity contribution in [2.45, 2.75) is 32.7 Å². The van der Waals surface area contributed by atoms with Gasteiger partial charge in [-0.15, -0.1) is 0 Å². The Morgan fingerprint density at radius 2 is 1.67 bits per heavy atom. The van der Waals surface area contributed by atoms with E-state index in [0.717, 1.165) is 24.0 Å². The highest BCUT2D eigenvalue weighted by Gasteiger charge is 2.10. The third-order valence-electron chi connectivity index (χ3n) is 4.21. The summed E-state index contributed by atoms with van der Waals surface area (Å²) in [7, 11) is 1.59. The highest BCUT2D eigenvalue weighted by Crippen LogP contribution is 2.25. The van der Waals surface area contributed by atoms with Crippen LogP contribution in [-0.2, 0) is 17.6 Å². The second-order valence-corrected chi connectivity index (χ2v) is 6.22. The molecule has 27 heavy (non-hydrogen) atoms. The molecular formula is C20H26N2O4S. The maximum absolute atomic E-state index is 10.6. The molecule has 0 heterocycles. The van der Waals surface area contributed by atoms with Gasteiger partial charge in [0.25, 0.3) is 5.69 Å². The van der Waals surface area contributed by atoms with E-state index in [2.05, 4.69) is 50.0 Å². The van der Waals surface area contributed by atoms with Crippen LogP contribution in [0.25, 0.3) is 11.1 Å². The molecule has 0 saturated carbocycles. The van der Waals surface area contributed by atoms with Crippen LogP contribution in [0, 0.1) is 10.1 Å². The highest BCUT2D eigenvalue weighted by atomic mass is 32.1. The van der Waals surface area contributed by atoms with E-state index in [1.807, 2.05) is 0 Å². The van der Waals surface area contributed by atoms with Crippen molar-refractivity contribution in [1.29, 1.82) is 0 Å². The third kappa shape index (κ3) is 6.69. The number of carboxylic acids is 1. The lowest BCUT2D eigenvalue weighted by Gasteiger charge is -2.09. The first-order valence-corrected chi connectivity index (χ1v) is 9.38. The molecule has 0 bridgehead atoms. The van der Waals surface area contributed by atoms with Gasteiger partial charge >= 0.3 is 5.97 Å². The number of nitrogens with one attached hydrogen (secondary N) is 1. The molecule has 0 radical (unpaired) electrons. The molecule has 6 nitrogen and oxygen atoms in total. The Morgan fingerprint density at radius 1 is 1.11 bits per heavy atom. The van der Waals surface area contributed by atoms with Gasteiger partial charge in [-0.3, -0.25) is 14.9 Å². The van der Waals surface area contributed by atoms with Crippen molar-refractivity contribution >= 4 is 24.3 Å². The lowest BCUT2D eigenvalue weighted by molar-refractivity contribution is -0.384. The van der Waals surface area contributed by atoms with Crippen LogP contribution in [-0.4, -0.2) is 34.8 Å². The number of benzene rings is 2. The molecule has 0 fully saturated rings. The minimum absolute atomic E-state index is 0.129. The fourth-order valence-electron chi connectivity index (χ4n) is 2.55. The summed E-state index contributed by atoms with van der Waals surface area (Å²) in [5.41, 5.74) is 4.98. The average Bonchev–Trinajstić information content (AvgIpc) is 2.68. The molecule has 1 atom stereocenters. The number of nitrogens with zero attached hydrogens (tertiary/aromatic N) is 1. The Bertz CT molecular complexity index is 759. The van der Waals surface area contributed by atoms with Gasteiger partial charge in [-0.25, -0.2) is 0 Å². The molecule has 2 rings (SSSR count). The molecule has 146 valence electrons. The zero-order valence-electron chi connectivity index (χ0n) is 15.8. The van der Waals surface area contributed by atoms with Gasteiger partial charge in [0.2, 0.25) is 0 Å². The summed E-state index contributed by atoms with van der Waals surface area (Å²) in [4.78, 5) is 20.3. The van der Waals surface area contributed by atoms with Gasteiger partial charge < -0.3 is 10.4 Å². The second-order valence-electron chi connectivity index (χ2n) is 5.86. The highest BCUT2D eigenvalue weighted by molar-refractivity contribution is 7.80. The van der Waals surface area contributed by atoms with Crippen molar-refractivity contribution in [3.05, 3.63) is 63.7 Å². The maximum atomic E-state index is 10.6. The first kappa shape index (κ1) is 22.7.